The van der Waals surface area contributed by atoms with Crippen molar-refractivity contribution in [1.29, 1.82) is 0 Å². The van der Waals surface area contributed by atoms with E-state index in [9.17, 15) is 9.90 Å². The average molecular weight is 358 g/mol. The van der Waals surface area contributed by atoms with Gasteiger partial charge in [-0.1, -0.05) is 26.2 Å². The van der Waals surface area contributed by atoms with Crippen molar-refractivity contribution in [2.75, 3.05) is 31.1 Å². The van der Waals surface area contributed by atoms with Crippen molar-refractivity contribution in [3.63, 3.8) is 0 Å². The topological polar surface area (TPSA) is 69.6 Å². The molecule has 142 valence electrons. The SMILES string of the molecule is CCCc1cc(N2C[C@H]3CN(C4CCCC4)C[C@@]3(C(=O)O)C2)nc(C)n1. The fourth-order valence-corrected chi connectivity index (χ4v) is 5.29. The summed E-state index contributed by atoms with van der Waals surface area (Å²) < 4.78 is 0. The van der Waals surface area contributed by atoms with Gasteiger partial charge in [0.05, 0.1) is 0 Å². The number of aliphatic carboxylic acids is 1. The molecule has 3 heterocycles. The third-order valence-electron chi connectivity index (χ3n) is 6.61. The highest BCUT2D eigenvalue weighted by Gasteiger charge is 2.58. The van der Waals surface area contributed by atoms with Gasteiger partial charge in [-0.3, -0.25) is 9.69 Å². The Morgan fingerprint density at radius 3 is 2.69 bits per heavy atom. The third kappa shape index (κ3) is 2.98. The lowest BCUT2D eigenvalue weighted by molar-refractivity contribution is -0.148. The number of hydrogen-bond donors (Lipinski definition) is 1. The van der Waals surface area contributed by atoms with Crippen LogP contribution < -0.4 is 4.90 Å². The van der Waals surface area contributed by atoms with Gasteiger partial charge in [0.25, 0.3) is 0 Å². The van der Waals surface area contributed by atoms with Gasteiger partial charge in [0.15, 0.2) is 0 Å². The third-order valence-corrected chi connectivity index (χ3v) is 6.61. The molecule has 6 nitrogen and oxygen atoms in total. The van der Waals surface area contributed by atoms with Crippen molar-refractivity contribution in [3.05, 3.63) is 17.6 Å². The molecule has 2 aliphatic heterocycles. The first-order valence-electron chi connectivity index (χ1n) is 10.1. The summed E-state index contributed by atoms with van der Waals surface area (Å²) in [4.78, 5) is 26.1. The summed E-state index contributed by atoms with van der Waals surface area (Å²) in [6, 6.07) is 2.66. The molecular formula is C20H30N4O2. The predicted octanol–water partition coefficient (Wildman–Crippen LogP) is 2.50. The first-order chi connectivity index (χ1) is 12.5. The lowest BCUT2D eigenvalue weighted by Crippen LogP contribution is -2.42. The standard InChI is InChI=1S/C20H30N4O2/c1-3-6-16-9-18(22-14(2)21-16)24-11-15-10-23(17-7-4-5-8-17)12-20(15,13-24)19(25)26/h9,15,17H,3-8,10-13H2,1-2H3,(H,25,26)/t15-,20-/m1/s1. The van der Waals surface area contributed by atoms with E-state index in [-0.39, 0.29) is 5.92 Å². The Morgan fingerprint density at radius 2 is 2.04 bits per heavy atom. The molecule has 2 atom stereocenters. The summed E-state index contributed by atoms with van der Waals surface area (Å²) in [5.41, 5.74) is 0.413. The molecule has 1 N–H and O–H groups in total. The van der Waals surface area contributed by atoms with Crippen LogP contribution in [-0.4, -0.2) is 58.2 Å². The van der Waals surface area contributed by atoms with Crippen LogP contribution in [0, 0.1) is 18.3 Å². The first-order valence-corrected chi connectivity index (χ1v) is 10.1. The number of carbonyl (C=O) groups is 1. The van der Waals surface area contributed by atoms with Crippen LogP contribution in [0.15, 0.2) is 6.07 Å². The molecular weight excluding hydrogens is 328 g/mol. The molecule has 0 radical (unpaired) electrons. The van der Waals surface area contributed by atoms with Crippen LogP contribution in [0.1, 0.15) is 50.5 Å². The second-order valence-corrected chi connectivity index (χ2v) is 8.42. The second kappa shape index (κ2) is 6.80. The van der Waals surface area contributed by atoms with Gasteiger partial charge in [0, 0.05) is 49.9 Å². The molecule has 3 aliphatic rings. The number of carboxylic acid groups (broad SMARTS) is 1. The summed E-state index contributed by atoms with van der Waals surface area (Å²) in [5.74, 6) is 1.24. The molecule has 2 saturated heterocycles. The number of aromatic nitrogens is 2. The highest BCUT2D eigenvalue weighted by molar-refractivity contribution is 5.78. The van der Waals surface area contributed by atoms with Gasteiger partial charge in [-0.25, -0.2) is 9.97 Å². The van der Waals surface area contributed by atoms with Gasteiger partial charge in [0.1, 0.15) is 17.1 Å². The Hall–Kier alpha value is -1.69. The maximum Gasteiger partial charge on any atom is 0.313 e. The van der Waals surface area contributed by atoms with E-state index in [0.717, 1.165) is 43.3 Å². The Balaban J connectivity index is 1.56. The van der Waals surface area contributed by atoms with E-state index in [1.165, 1.54) is 25.7 Å². The number of anilines is 1. The molecule has 0 unspecified atom stereocenters. The fraction of sp³-hybridized carbons (Fsp3) is 0.750. The minimum atomic E-state index is -0.646. The number of fused-ring (bicyclic) bond motifs is 1. The lowest BCUT2D eigenvalue weighted by atomic mass is 9.81. The van der Waals surface area contributed by atoms with Crippen LogP contribution in [0.3, 0.4) is 0 Å². The van der Waals surface area contributed by atoms with E-state index in [1.54, 1.807) is 0 Å². The zero-order valence-corrected chi connectivity index (χ0v) is 15.9. The lowest BCUT2D eigenvalue weighted by Gasteiger charge is -2.29. The van der Waals surface area contributed by atoms with Crippen molar-refractivity contribution < 1.29 is 9.90 Å². The van der Waals surface area contributed by atoms with Crippen LogP contribution in [0.4, 0.5) is 5.82 Å². The second-order valence-electron chi connectivity index (χ2n) is 8.42. The maximum absolute atomic E-state index is 12.3. The van der Waals surface area contributed by atoms with E-state index in [0.29, 0.717) is 19.1 Å². The molecule has 3 fully saturated rings. The molecule has 1 aliphatic carbocycles. The summed E-state index contributed by atoms with van der Waals surface area (Å²) >= 11 is 0. The van der Waals surface area contributed by atoms with E-state index in [4.69, 9.17) is 0 Å². The molecule has 4 rings (SSSR count). The fourth-order valence-electron chi connectivity index (χ4n) is 5.29. The minimum absolute atomic E-state index is 0.186. The first kappa shape index (κ1) is 17.7. The van der Waals surface area contributed by atoms with Crippen LogP contribution in [0.25, 0.3) is 0 Å². The summed E-state index contributed by atoms with van der Waals surface area (Å²) in [6.45, 7) is 7.04. The molecule has 0 aromatic carbocycles. The Morgan fingerprint density at radius 1 is 1.27 bits per heavy atom. The number of carboxylic acids is 1. The molecule has 26 heavy (non-hydrogen) atoms. The maximum atomic E-state index is 12.3. The summed E-state index contributed by atoms with van der Waals surface area (Å²) in [7, 11) is 0. The van der Waals surface area contributed by atoms with Crippen LogP contribution in [0.2, 0.25) is 0 Å². The van der Waals surface area contributed by atoms with Crippen LogP contribution in [0.5, 0.6) is 0 Å². The Kier molecular flexibility index (Phi) is 4.63. The average Bonchev–Trinajstić information content (AvgIpc) is 3.28. The van der Waals surface area contributed by atoms with Crippen LogP contribution in [-0.2, 0) is 11.2 Å². The molecule has 1 saturated carbocycles. The molecule has 6 heteroatoms. The number of likely N-dealkylation sites (tertiary alicyclic amines) is 1. The van der Waals surface area contributed by atoms with Gasteiger partial charge in [-0.2, -0.15) is 0 Å². The molecule has 1 aromatic rings. The van der Waals surface area contributed by atoms with Gasteiger partial charge in [0.2, 0.25) is 0 Å². The van der Waals surface area contributed by atoms with E-state index in [1.807, 2.05) is 6.92 Å². The summed E-state index contributed by atoms with van der Waals surface area (Å²) in [5, 5.41) is 10.1. The predicted molar refractivity (Wildman–Crippen MR) is 100 cm³/mol. The quantitative estimate of drug-likeness (QED) is 0.872. The largest absolute Gasteiger partial charge is 0.481 e. The van der Waals surface area contributed by atoms with Gasteiger partial charge in [-0.05, 0) is 26.2 Å². The monoisotopic (exact) mass is 358 g/mol. The van der Waals surface area contributed by atoms with Gasteiger partial charge >= 0.3 is 5.97 Å². The smallest absolute Gasteiger partial charge is 0.313 e. The number of nitrogens with zero attached hydrogens (tertiary/aromatic N) is 4. The Bertz CT molecular complexity index is 688. The number of aryl methyl sites for hydroxylation is 2. The van der Waals surface area contributed by atoms with Crippen molar-refractivity contribution >= 4 is 11.8 Å². The van der Waals surface area contributed by atoms with E-state index >= 15 is 0 Å². The number of hydrogen-bond acceptors (Lipinski definition) is 5. The normalized spacial score (nSPS) is 29.5. The zero-order chi connectivity index (χ0) is 18.3. The van der Waals surface area contributed by atoms with E-state index < -0.39 is 11.4 Å². The molecule has 0 amide bonds. The molecule has 1 aromatic heterocycles. The summed E-state index contributed by atoms with van der Waals surface area (Å²) in [6.07, 6.45) is 7.03. The van der Waals surface area contributed by atoms with Gasteiger partial charge in [-0.15, -0.1) is 0 Å². The highest BCUT2D eigenvalue weighted by atomic mass is 16.4. The van der Waals surface area contributed by atoms with Crippen molar-refractivity contribution in [2.45, 2.75) is 58.4 Å². The van der Waals surface area contributed by atoms with Crippen molar-refractivity contribution in [1.82, 2.24) is 14.9 Å². The van der Waals surface area contributed by atoms with E-state index in [2.05, 4.69) is 32.8 Å². The Labute approximate surface area is 155 Å². The zero-order valence-electron chi connectivity index (χ0n) is 15.9. The number of rotatable bonds is 5. The van der Waals surface area contributed by atoms with Crippen molar-refractivity contribution in [2.24, 2.45) is 11.3 Å². The van der Waals surface area contributed by atoms with Crippen molar-refractivity contribution in [3.8, 4) is 0 Å². The van der Waals surface area contributed by atoms with Gasteiger partial charge < -0.3 is 10.0 Å². The minimum Gasteiger partial charge on any atom is -0.481 e. The van der Waals surface area contributed by atoms with Crippen LogP contribution >= 0.6 is 0 Å². The molecule has 0 bridgehead atoms. The highest BCUT2D eigenvalue weighted by Crippen LogP contribution is 2.46. The molecule has 0 spiro atoms.